The number of benzene rings is 1. The van der Waals surface area contributed by atoms with Gasteiger partial charge >= 0.3 is 0 Å². The van der Waals surface area contributed by atoms with E-state index in [0.717, 1.165) is 16.9 Å². The van der Waals surface area contributed by atoms with Gasteiger partial charge in [0.1, 0.15) is 12.4 Å². The first-order valence-electron chi connectivity index (χ1n) is 5.63. The Morgan fingerprint density at radius 1 is 1.24 bits per heavy atom. The van der Waals surface area contributed by atoms with Gasteiger partial charge in [-0.25, -0.2) is 0 Å². The molecule has 0 saturated carbocycles. The molecule has 2 N–H and O–H groups in total. The Morgan fingerprint density at radius 2 is 2.00 bits per heavy atom. The van der Waals surface area contributed by atoms with Crippen LogP contribution in [-0.2, 0) is 6.61 Å². The molecule has 0 radical (unpaired) electrons. The van der Waals surface area contributed by atoms with E-state index in [4.69, 9.17) is 10.5 Å². The summed E-state index contributed by atoms with van der Waals surface area (Å²) in [5, 5.41) is 0. The molecule has 0 aliphatic rings. The van der Waals surface area contributed by atoms with Crippen molar-refractivity contribution in [3.05, 3.63) is 59.9 Å². The number of rotatable bonds is 4. The standard InChI is InChI=1S/C14H16N2O/c1-11(15)13-4-6-14(7-5-13)17-10-12-3-2-8-16-9-12/h2-9,11H,10,15H2,1H3. The van der Waals surface area contributed by atoms with Crippen molar-refractivity contribution in [2.45, 2.75) is 19.6 Å². The molecule has 2 rings (SSSR count). The van der Waals surface area contributed by atoms with E-state index in [1.54, 1.807) is 12.4 Å². The minimum atomic E-state index is 0.0578. The third-order valence-corrected chi connectivity index (χ3v) is 2.53. The maximum absolute atomic E-state index is 5.78. The number of hydrogen-bond acceptors (Lipinski definition) is 3. The Hall–Kier alpha value is -1.87. The first-order valence-corrected chi connectivity index (χ1v) is 5.63. The number of ether oxygens (including phenoxy) is 1. The van der Waals surface area contributed by atoms with Crippen LogP contribution in [0.1, 0.15) is 24.1 Å². The monoisotopic (exact) mass is 228 g/mol. The van der Waals surface area contributed by atoms with E-state index >= 15 is 0 Å². The van der Waals surface area contributed by atoms with E-state index < -0.39 is 0 Å². The van der Waals surface area contributed by atoms with Crippen LogP contribution in [0.4, 0.5) is 0 Å². The number of pyridine rings is 1. The zero-order chi connectivity index (χ0) is 12.1. The minimum absolute atomic E-state index is 0.0578. The molecule has 0 spiro atoms. The highest BCUT2D eigenvalue weighted by atomic mass is 16.5. The minimum Gasteiger partial charge on any atom is -0.489 e. The Morgan fingerprint density at radius 3 is 2.59 bits per heavy atom. The Labute approximate surface area is 101 Å². The van der Waals surface area contributed by atoms with Crippen LogP contribution in [0.5, 0.6) is 5.75 Å². The lowest BCUT2D eigenvalue weighted by Gasteiger charge is -2.08. The third kappa shape index (κ3) is 3.29. The van der Waals surface area contributed by atoms with Crippen molar-refractivity contribution in [1.82, 2.24) is 4.98 Å². The highest BCUT2D eigenvalue weighted by molar-refractivity contribution is 5.29. The molecule has 0 bridgehead atoms. The molecule has 2 aromatic rings. The molecule has 1 aromatic heterocycles. The number of aromatic nitrogens is 1. The van der Waals surface area contributed by atoms with Crippen molar-refractivity contribution in [2.75, 3.05) is 0 Å². The molecule has 1 unspecified atom stereocenters. The van der Waals surface area contributed by atoms with Gasteiger partial charge in [0.05, 0.1) is 0 Å². The molecule has 88 valence electrons. The average molecular weight is 228 g/mol. The second kappa shape index (κ2) is 5.46. The molecule has 1 aromatic carbocycles. The first kappa shape index (κ1) is 11.6. The van der Waals surface area contributed by atoms with Gasteiger partial charge in [-0.2, -0.15) is 0 Å². The lowest BCUT2D eigenvalue weighted by Crippen LogP contribution is -2.04. The quantitative estimate of drug-likeness (QED) is 0.875. The fourth-order valence-electron chi connectivity index (χ4n) is 1.52. The highest BCUT2D eigenvalue weighted by Crippen LogP contribution is 2.17. The van der Waals surface area contributed by atoms with Crippen LogP contribution in [0.25, 0.3) is 0 Å². The van der Waals surface area contributed by atoms with Crippen LogP contribution in [0.15, 0.2) is 48.8 Å². The normalized spacial score (nSPS) is 12.1. The predicted molar refractivity (Wildman–Crippen MR) is 67.6 cm³/mol. The molecular weight excluding hydrogens is 212 g/mol. The van der Waals surface area contributed by atoms with Crippen molar-refractivity contribution >= 4 is 0 Å². The van der Waals surface area contributed by atoms with Crippen molar-refractivity contribution in [2.24, 2.45) is 5.73 Å². The van der Waals surface area contributed by atoms with Crippen LogP contribution in [0, 0.1) is 0 Å². The van der Waals surface area contributed by atoms with Gasteiger partial charge in [-0.1, -0.05) is 18.2 Å². The smallest absolute Gasteiger partial charge is 0.119 e. The van der Waals surface area contributed by atoms with E-state index in [2.05, 4.69) is 4.98 Å². The largest absolute Gasteiger partial charge is 0.489 e. The third-order valence-electron chi connectivity index (χ3n) is 2.53. The average Bonchev–Trinajstić information content (AvgIpc) is 2.38. The lowest BCUT2D eigenvalue weighted by molar-refractivity contribution is 0.305. The fraction of sp³-hybridized carbons (Fsp3) is 0.214. The van der Waals surface area contributed by atoms with Crippen molar-refractivity contribution in [3.63, 3.8) is 0 Å². The summed E-state index contributed by atoms with van der Waals surface area (Å²) in [6.07, 6.45) is 3.55. The SMILES string of the molecule is CC(N)c1ccc(OCc2cccnc2)cc1. The molecule has 0 amide bonds. The summed E-state index contributed by atoms with van der Waals surface area (Å²) in [6.45, 7) is 2.50. The van der Waals surface area contributed by atoms with E-state index in [9.17, 15) is 0 Å². The van der Waals surface area contributed by atoms with Gasteiger partial charge in [0.25, 0.3) is 0 Å². The van der Waals surface area contributed by atoms with E-state index in [1.807, 2.05) is 43.3 Å². The molecule has 3 heteroatoms. The Balaban J connectivity index is 1.96. The van der Waals surface area contributed by atoms with Gasteiger partial charge in [-0.15, -0.1) is 0 Å². The zero-order valence-electron chi connectivity index (χ0n) is 9.84. The van der Waals surface area contributed by atoms with Gasteiger partial charge in [-0.3, -0.25) is 4.98 Å². The van der Waals surface area contributed by atoms with Crippen molar-refractivity contribution in [1.29, 1.82) is 0 Å². The summed E-state index contributed by atoms with van der Waals surface area (Å²) in [5.41, 5.74) is 7.95. The molecule has 0 saturated heterocycles. The van der Waals surface area contributed by atoms with Crippen LogP contribution in [0.3, 0.4) is 0 Å². The fourth-order valence-corrected chi connectivity index (χ4v) is 1.52. The van der Waals surface area contributed by atoms with E-state index in [-0.39, 0.29) is 6.04 Å². The predicted octanol–water partition coefficient (Wildman–Crippen LogP) is 2.68. The maximum Gasteiger partial charge on any atom is 0.119 e. The lowest BCUT2D eigenvalue weighted by atomic mass is 10.1. The first-order chi connectivity index (χ1) is 8.25. The van der Waals surface area contributed by atoms with Gasteiger partial charge < -0.3 is 10.5 Å². The summed E-state index contributed by atoms with van der Waals surface area (Å²) in [4.78, 5) is 4.04. The molecule has 0 fully saturated rings. The Kier molecular flexibility index (Phi) is 3.73. The molecule has 1 atom stereocenters. The van der Waals surface area contributed by atoms with Gasteiger partial charge in [0.2, 0.25) is 0 Å². The summed E-state index contributed by atoms with van der Waals surface area (Å²) < 4.78 is 5.65. The van der Waals surface area contributed by atoms with Crippen molar-refractivity contribution in [3.8, 4) is 5.75 Å². The molecule has 0 aliphatic heterocycles. The second-order valence-corrected chi connectivity index (χ2v) is 4.01. The second-order valence-electron chi connectivity index (χ2n) is 4.01. The maximum atomic E-state index is 5.78. The number of hydrogen-bond donors (Lipinski definition) is 1. The number of nitrogens with zero attached hydrogens (tertiary/aromatic N) is 1. The molecular formula is C14H16N2O. The molecule has 0 aliphatic carbocycles. The zero-order valence-corrected chi connectivity index (χ0v) is 9.84. The summed E-state index contributed by atoms with van der Waals surface area (Å²) >= 11 is 0. The van der Waals surface area contributed by atoms with Crippen LogP contribution in [-0.4, -0.2) is 4.98 Å². The van der Waals surface area contributed by atoms with E-state index in [0.29, 0.717) is 6.61 Å². The topological polar surface area (TPSA) is 48.1 Å². The Bertz CT molecular complexity index is 451. The molecule has 1 heterocycles. The summed E-state index contributed by atoms with van der Waals surface area (Å²) in [6, 6.07) is 11.8. The van der Waals surface area contributed by atoms with Gasteiger partial charge in [0.15, 0.2) is 0 Å². The van der Waals surface area contributed by atoms with Gasteiger partial charge in [-0.05, 0) is 30.7 Å². The molecule has 3 nitrogen and oxygen atoms in total. The number of nitrogens with two attached hydrogens (primary N) is 1. The van der Waals surface area contributed by atoms with Crippen LogP contribution < -0.4 is 10.5 Å². The van der Waals surface area contributed by atoms with Crippen molar-refractivity contribution < 1.29 is 4.74 Å². The van der Waals surface area contributed by atoms with Crippen LogP contribution in [0.2, 0.25) is 0 Å². The molecule has 17 heavy (non-hydrogen) atoms. The summed E-state index contributed by atoms with van der Waals surface area (Å²) in [7, 11) is 0. The van der Waals surface area contributed by atoms with Gasteiger partial charge in [0, 0.05) is 24.0 Å². The summed E-state index contributed by atoms with van der Waals surface area (Å²) in [5.74, 6) is 0.846. The highest BCUT2D eigenvalue weighted by Gasteiger charge is 2.00. The van der Waals surface area contributed by atoms with E-state index in [1.165, 1.54) is 0 Å². The van der Waals surface area contributed by atoms with Crippen LogP contribution >= 0.6 is 0 Å².